The maximum atomic E-state index is 14.7. The van der Waals surface area contributed by atoms with Crippen LogP contribution in [0.25, 0.3) is 0 Å². The summed E-state index contributed by atoms with van der Waals surface area (Å²) in [5, 5.41) is 15.9. The van der Waals surface area contributed by atoms with E-state index in [4.69, 9.17) is 0 Å². The quantitative estimate of drug-likeness (QED) is 0.673. The first-order valence-electron chi connectivity index (χ1n) is 10.7. The molecule has 0 amide bonds. The van der Waals surface area contributed by atoms with Gasteiger partial charge in [-0.2, -0.15) is 0 Å². The van der Waals surface area contributed by atoms with Gasteiger partial charge in [0.05, 0.1) is 23.7 Å². The Balaban J connectivity index is 1.50. The lowest BCUT2D eigenvalue weighted by Gasteiger charge is -2.39. The van der Waals surface area contributed by atoms with E-state index in [2.05, 4.69) is 20.6 Å². The molecule has 1 aliphatic heterocycles. The van der Waals surface area contributed by atoms with Crippen LogP contribution in [0.5, 0.6) is 0 Å². The van der Waals surface area contributed by atoms with Crippen molar-refractivity contribution in [3.8, 4) is 0 Å². The van der Waals surface area contributed by atoms with Gasteiger partial charge in [0.25, 0.3) is 0 Å². The molecule has 5 unspecified atom stereocenters. The summed E-state index contributed by atoms with van der Waals surface area (Å²) in [6.07, 6.45) is 5.48. The Bertz CT molecular complexity index is 1030. The highest BCUT2D eigenvalue weighted by molar-refractivity contribution is 5.72. The van der Waals surface area contributed by atoms with Crippen LogP contribution in [0.1, 0.15) is 49.3 Å². The number of carbonyl (C=O) groups is 1. The van der Waals surface area contributed by atoms with E-state index in [1.54, 1.807) is 0 Å². The number of carboxylic acid groups (broad SMARTS) is 1. The third-order valence-electron chi connectivity index (χ3n) is 7.07. The molecule has 3 heterocycles. The molecule has 0 saturated heterocycles. The highest BCUT2D eigenvalue weighted by Gasteiger charge is 2.45. The number of aromatic nitrogens is 2. The van der Waals surface area contributed by atoms with Crippen LogP contribution in [0.15, 0.2) is 18.3 Å². The maximum Gasteiger partial charge on any atom is 0.308 e. The van der Waals surface area contributed by atoms with Gasteiger partial charge in [0.1, 0.15) is 17.5 Å². The van der Waals surface area contributed by atoms with Crippen molar-refractivity contribution in [2.75, 3.05) is 17.2 Å². The van der Waals surface area contributed by atoms with E-state index in [9.17, 15) is 23.1 Å². The van der Waals surface area contributed by atoms with Crippen LogP contribution in [0.3, 0.4) is 0 Å². The van der Waals surface area contributed by atoms with E-state index in [0.29, 0.717) is 11.4 Å². The number of hydrogen-bond acceptors (Lipinski definition) is 5. The second-order valence-electron chi connectivity index (χ2n) is 8.77. The van der Waals surface area contributed by atoms with Crippen molar-refractivity contribution < 1.29 is 23.1 Å². The smallest absolute Gasteiger partial charge is 0.308 e. The highest BCUT2D eigenvalue weighted by Crippen LogP contribution is 2.45. The summed E-state index contributed by atoms with van der Waals surface area (Å²) >= 11 is 0. The molecule has 2 bridgehead atoms. The zero-order valence-electron chi connectivity index (χ0n) is 16.7. The van der Waals surface area contributed by atoms with Crippen LogP contribution in [0.2, 0.25) is 0 Å². The van der Waals surface area contributed by atoms with Crippen LogP contribution in [0, 0.1) is 35.2 Å². The Kier molecular flexibility index (Phi) is 4.98. The van der Waals surface area contributed by atoms with Gasteiger partial charge in [-0.15, -0.1) is 0 Å². The minimum atomic E-state index is -0.896. The minimum Gasteiger partial charge on any atom is -0.481 e. The van der Waals surface area contributed by atoms with E-state index in [1.807, 2.05) is 0 Å². The number of carboxylic acids is 1. The Hall–Kier alpha value is -2.84. The summed E-state index contributed by atoms with van der Waals surface area (Å²) in [5.74, 6) is -3.98. The van der Waals surface area contributed by atoms with E-state index in [-0.39, 0.29) is 29.9 Å². The van der Waals surface area contributed by atoms with Gasteiger partial charge < -0.3 is 15.7 Å². The van der Waals surface area contributed by atoms with Gasteiger partial charge in [-0.05, 0) is 43.6 Å². The average molecular weight is 432 g/mol. The molecular formula is C22H23F3N4O2. The first-order valence-corrected chi connectivity index (χ1v) is 10.7. The van der Waals surface area contributed by atoms with E-state index < -0.39 is 41.3 Å². The summed E-state index contributed by atoms with van der Waals surface area (Å²) in [5.41, 5.74) is 0.439. The number of aliphatic carboxylic acids is 1. The van der Waals surface area contributed by atoms with Crippen molar-refractivity contribution in [3.63, 3.8) is 0 Å². The predicted molar refractivity (Wildman–Crippen MR) is 107 cm³/mol. The third kappa shape index (κ3) is 3.49. The average Bonchev–Trinajstić information content (AvgIpc) is 2.89. The lowest BCUT2D eigenvalue weighted by molar-refractivity contribution is -0.145. The molecule has 4 aliphatic rings. The van der Waals surface area contributed by atoms with Crippen molar-refractivity contribution in [3.05, 3.63) is 47.0 Å². The Morgan fingerprint density at radius 2 is 1.87 bits per heavy atom. The van der Waals surface area contributed by atoms with Crippen LogP contribution in [-0.2, 0) is 4.79 Å². The molecular weight excluding hydrogens is 409 g/mol. The van der Waals surface area contributed by atoms with Crippen molar-refractivity contribution >= 4 is 17.6 Å². The van der Waals surface area contributed by atoms with Crippen LogP contribution in [-0.4, -0.2) is 33.6 Å². The number of nitrogens with one attached hydrogen (secondary N) is 2. The monoisotopic (exact) mass is 432 g/mol. The molecule has 0 radical (unpaired) electrons. The number of rotatable bonds is 4. The predicted octanol–water partition coefficient (Wildman–Crippen LogP) is 4.14. The molecule has 0 aromatic carbocycles. The lowest BCUT2D eigenvalue weighted by atomic mass is 9.71. The van der Waals surface area contributed by atoms with Crippen molar-refractivity contribution in [1.82, 2.24) is 9.97 Å². The molecule has 5 atom stereocenters. The second kappa shape index (κ2) is 7.69. The molecule has 164 valence electrons. The lowest BCUT2D eigenvalue weighted by Crippen LogP contribution is -2.46. The summed E-state index contributed by atoms with van der Waals surface area (Å²) in [6.45, 7) is 0.257. The van der Waals surface area contributed by atoms with E-state index >= 15 is 0 Å². The summed E-state index contributed by atoms with van der Waals surface area (Å²) in [4.78, 5) is 20.2. The number of fused-ring (bicyclic) bond motifs is 5. The number of nitrogens with zero attached hydrogens (tertiary/aromatic N) is 2. The Morgan fingerprint density at radius 3 is 2.68 bits per heavy atom. The summed E-state index contributed by atoms with van der Waals surface area (Å²) in [7, 11) is 0. The standard InChI is InChI=1S/C22H23F3N4O2/c23-12-6-13-14(9-27-20(13)26-8-12)19-15(24)7-16(25)21(29-19)28-18-11-3-1-2-10(4-5-11)17(18)22(30)31/h6-8,10-11,14,17-18H,1-5,9H2,(H,26,27)(H,28,29)(H,30,31). The molecule has 9 heteroatoms. The van der Waals surface area contributed by atoms with E-state index in [1.165, 1.54) is 6.07 Å². The molecule has 0 spiro atoms. The molecule has 31 heavy (non-hydrogen) atoms. The molecule has 6 nitrogen and oxygen atoms in total. The van der Waals surface area contributed by atoms with Gasteiger partial charge in [0.2, 0.25) is 0 Å². The second-order valence-corrected chi connectivity index (χ2v) is 8.77. The van der Waals surface area contributed by atoms with Gasteiger partial charge in [-0.3, -0.25) is 4.79 Å². The zero-order valence-corrected chi connectivity index (χ0v) is 16.7. The topological polar surface area (TPSA) is 87.1 Å². The van der Waals surface area contributed by atoms with Crippen LogP contribution in [0.4, 0.5) is 24.8 Å². The van der Waals surface area contributed by atoms with Crippen LogP contribution >= 0.6 is 0 Å². The first-order chi connectivity index (χ1) is 14.9. The summed E-state index contributed by atoms with van der Waals surface area (Å²) in [6, 6.07) is 1.57. The van der Waals surface area contributed by atoms with Crippen LogP contribution < -0.4 is 10.6 Å². The zero-order chi connectivity index (χ0) is 21.7. The van der Waals surface area contributed by atoms with Gasteiger partial charge >= 0.3 is 5.97 Å². The Labute approximate surface area is 177 Å². The number of anilines is 2. The molecule has 2 aromatic heterocycles. The van der Waals surface area contributed by atoms with Gasteiger partial charge in [-0.25, -0.2) is 23.1 Å². The number of hydrogen-bond donors (Lipinski definition) is 3. The van der Waals surface area contributed by atoms with Gasteiger partial charge in [-0.1, -0.05) is 6.42 Å². The Morgan fingerprint density at radius 1 is 1.10 bits per heavy atom. The van der Waals surface area contributed by atoms with Crippen molar-refractivity contribution in [2.45, 2.75) is 44.1 Å². The number of pyridine rings is 2. The van der Waals surface area contributed by atoms with Gasteiger partial charge in [0, 0.05) is 24.2 Å². The molecule has 3 saturated carbocycles. The maximum absolute atomic E-state index is 14.7. The first kappa shape index (κ1) is 20.1. The normalized spacial score (nSPS) is 29.2. The highest BCUT2D eigenvalue weighted by atomic mass is 19.1. The molecule has 3 N–H and O–H groups in total. The molecule has 6 rings (SSSR count). The molecule has 2 aromatic rings. The SMILES string of the molecule is O=C(O)C1C2CCCC(CC2)C1Nc1nc(C2CNc3ncc(F)cc32)c(F)cc1F. The van der Waals surface area contributed by atoms with Crippen molar-refractivity contribution in [1.29, 1.82) is 0 Å². The minimum absolute atomic E-state index is 0.0202. The van der Waals surface area contributed by atoms with Gasteiger partial charge in [0.15, 0.2) is 11.6 Å². The number of halogens is 3. The van der Waals surface area contributed by atoms with E-state index in [0.717, 1.165) is 44.4 Å². The molecule has 3 fully saturated rings. The fourth-order valence-corrected chi connectivity index (χ4v) is 5.63. The summed E-state index contributed by atoms with van der Waals surface area (Å²) < 4.78 is 43.1. The third-order valence-corrected chi connectivity index (χ3v) is 7.07. The van der Waals surface area contributed by atoms with Crippen molar-refractivity contribution in [2.24, 2.45) is 17.8 Å². The largest absolute Gasteiger partial charge is 0.481 e. The molecule has 3 aliphatic carbocycles. The fraction of sp³-hybridized carbons (Fsp3) is 0.500. The fourth-order valence-electron chi connectivity index (χ4n) is 5.63.